The van der Waals surface area contributed by atoms with Gasteiger partial charge in [-0.1, -0.05) is 13.8 Å². The van der Waals surface area contributed by atoms with Crippen molar-refractivity contribution in [2.75, 3.05) is 37.9 Å². The number of nitrogens with zero attached hydrogens (tertiary/aromatic N) is 1. The molecular weight excluding hydrogens is 242 g/mol. The molecule has 0 atom stereocenters. The molecule has 5 nitrogen and oxygen atoms in total. The highest BCUT2D eigenvalue weighted by atomic mass is 16.5. The quantitative estimate of drug-likeness (QED) is 0.757. The van der Waals surface area contributed by atoms with Crippen molar-refractivity contribution >= 4 is 11.5 Å². The summed E-state index contributed by atoms with van der Waals surface area (Å²) in [5.41, 5.74) is 6.50. The van der Waals surface area contributed by atoms with Gasteiger partial charge in [0.25, 0.3) is 0 Å². The molecule has 3 N–H and O–H groups in total. The van der Waals surface area contributed by atoms with Gasteiger partial charge < -0.3 is 20.5 Å². The molecule has 0 fully saturated rings. The van der Waals surface area contributed by atoms with Gasteiger partial charge in [0, 0.05) is 20.3 Å². The van der Waals surface area contributed by atoms with Crippen LogP contribution in [0.1, 0.15) is 27.2 Å². The number of rotatable bonds is 8. The van der Waals surface area contributed by atoms with E-state index in [9.17, 15) is 0 Å². The van der Waals surface area contributed by atoms with Crippen molar-refractivity contribution in [2.45, 2.75) is 27.2 Å². The van der Waals surface area contributed by atoms with E-state index in [1.54, 1.807) is 7.11 Å². The summed E-state index contributed by atoms with van der Waals surface area (Å²) < 4.78 is 10.5. The van der Waals surface area contributed by atoms with Gasteiger partial charge in [-0.3, -0.25) is 0 Å². The van der Waals surface area contributed by atoms with Gasteiger partial charge in [-0.15, -0.1) is 0 Å². The number of aromatic nitrogens is 1. The minimum atomic E-state index is 0.144. The number of methoxy groups -OCH3 is 1. The van der Waals surface area contributed by atoms with Crippen LogP contribution in [-0.4, -0.2) is 31.9 Å². The molecular formula is C14H25N3O2. The lowest BCUT2D eigenvalue weighted by atomic mass is 9.90. The zero-order valence-electron chi connectivity index (χ0n) is 12.3. The molecule has 0 unspecified atom stereocenters. The molecule has 0 aliphatic carbocycles. The Morgan fingerprint density at radius 1 is 1.37 bits per heavy atom. The number of pyridine rings is 1. The Labute approximate surface area is 115 Å². The van der Waals surface area contributed by atoms with Crippen molar-refractivity contribution in [1.29, 1.82) is 0 Å². The van der Waals surface area contributed by atoms with E-state index in [0.29, 0.717) is 18.2 Å². The number of anilines is 2. The smallest absolute Gasteiger partial charge is 0.239 e. The summed E-state index contributed by atoms with van der Waals surface area (Å²) in [6, 6.07) is 3.67. The fraction of sp³-hybridized carbons (Fsp3) is 0.643. The third-order valence-corrected chi connectivity index (χ3v) is 2.90. The molecule has 1 heterocycles. The molecule has 0 amide bonds. The van der Waals surface area contributed by atoms with Gasteiger partial charge in [0.15, 0.2) is 0 Å². The lowest BCUT2D eigenvalue weighted by molar-refractivity contribution is 0.157. The number of nitrogens with two attached hydrogens (primary N) is 1. The van der Waals surface area contributed by atoms with E-state index in [4.69, 9.17) is 15.2 Å². The molecule has 1 rings (SSSR count). The lowest BCUT2D eigenvalue weighted by Crippen LogP contribution is -2.25. The highest BCUT2D eigenvalue weighted by molar-refractivity contribution is 5.53. The van der Waals surface area contributed by atoms with Crippen LogP contribution in [0.2, 0.25) is 0 Å². The average Bonchev–Trinajstić information content (AvgIpc) is 2.38. The maximum Gasteiger partial charge on any atom is 0.239 e. The van der Waals surface area contributed by atoms with Crippen LogP contribution in [0.25, 0.3) is 0 Å². The first-order valence-corrected chi connectivity index (χ1v) is 6.60. The minimum absolute atomic E-state index is 0.144. The Balaban J connectivity index is 2.59. The van der Waals surface area contributed by atoms with Crippen LogP contribution in [0.15, 0.2) is 12.1 Å². The van der Waals surface area contributed by atoms with Crippen LogP contribution in [0.5, 0.6) is 5.88 Å². The first kappa shape index (κ1) is 15.6. The van der Waals surface area contributed by atoms with Crippen LogP contribution in [0.3, 0.4) is 0 Å². The van der Waals surface area contributed by atoms with Crippen molar-refractivity contribution in [3.8, 4) is 5.88 Å². The van der Waals surface area contributed by atoms with E-state index in [1.807, 2.05) is 19.1 Å². The molecule has 5 heteroatoms. The number of nitrogens with one attached hydrogen (secondary N) is 1. The lowest BCUT2D eigenvalue weighted by Gasteiger charge is -2.25. The number of hydrogen-bond donors (Lipinski definition) is 2. The van der Waals surface area contributed by atoms with Crippen molar-refractivity contribution < 1.29 is 9.47 Å². The molecule has 19 heavy (non-hydrogen) atoms. The first-order valence-electron chi connectivity index (χ1n) is 6.60. The molecule has 0 saturated carbocycles. The summed E-state index contributed by atoms with van der Waals surface area (Å²) in [7, 11) is 1.72. The highest BCUT2D eigenvalue weighted by Gasteiger charge is 2.17. The zero-order chi connectivity index (χ0) is 14.3. The van der Waals surface area contributed by atoms with Gasteiger partial charge in [-0.25, -0.2) is 0 Å². The molecule has 1 aromatic rings. The molecule has 0 aliphatic heterocycles. The molecule has 0 spiro atoms. The third-order valence-electron chi connectivity index (χ3n) is 2.90. The summed E-state index contributed by atoms with van der Waals surface area (Å²) in [4.78, 5) is 4.36. The Bertz CT molecular complexity index is 394. The maximum absolute atomic E-state index is 5.79. The van der Waals surface area contributed by atoms with Gasteiger partial charge in [0.05, 0.1) is 12.3 Å². The van der Waals surface area contributed by atoms with Crippen molar-refractivity contribution in [3.63, 3.8) is 0 Å². The van der Waals surface area contributed by atoms with Crippen molar-refractivity contribution in [1.82, 2.24) is 4.98 Å². The van der Waals surface area contributed by atoms with Crippen molar-refractivity contribution in [3.05, 3.63) is 12.1 Å². The SMILES string of the molecule is CCOc1nc(NCC(C)(C)CCOC)ccc1N. The molecule has 0 aliphatic rings. The molecule has 1 aromatic heterocycles. The summed E-state index contributed by atoms with van der Waals surface area (Å²) in [5, 5.41) is 3.32. The van der Waals surface area contributed by atoms with Crippen LogP contribution in [0.4, 0.5) is 11.5 Å². The van der Waals surface area contributed by atoms with Crippen LogP contribution in [-0.2, 0) is 4.74 Å². The average molecular weight is 267 g/mol. The second kappa shape index (κ2) is 7.19. The Morgan fingerprint density at radius 2 is 2.11 bits per heavy atom. The largest absolute Gasteiger partial charge is 0.476 e. The fourth-order valence-electron chi connectivity index (χ4n) is 1.60. The van der Waals surface area contributed by atoms with Crippen LogP contribution >= 0.6 is 0 Å². The predicted molar refractivity (Wildman–Crippen MR) is 78.6 cm³/mol. The predicted octanol–water partition coefficient (Wildman–Crippen LogP) is 2.54. The third kappa shape index (κ3) is 5.34. The standard InChI is InChI=1S/C14H25N3O2/c1-5-19-13-11(15)6-7-12(17-13)16-10-14(2,3)8-9-18-4/h6-7H,5,8-10,15H2,1-4H3,(H,16,17). The topological polar surface area (TPSA) is 69.4 Å². The van der Waals surface area contributed by atoms with E-state index in [0.717, 1.165) is 25.4 Å². The molecule has 0 aromatic carbocycles. The van der Waals surface area contributed by atoms with Gasteiger partial charge in [-0.05, 0) is 30.9 Å². The fourth-order valence-corrected chi connectivity index (χ4v) is 1.60. The second-order valence-electron chi connectivity index (χ2n) is 5.28. The second-order valence-corrected chi connectivity index (χ2v) is 5.28. The molecule has 0 saturated heterocycles. The maximum atomic E-state index is 5.79. The van der Waals surface area contributed by atoms with Gasteiger partial charge in [0.2, 0.25) is 5.88 Å². The summed E-state index contributed by atoms with van der Waals surface area (Å²) in [6.45, 7) is 8.43. The minimum Gasteiger partial charge on any atom is -0.476 e. The van der Waals surface area contributed by atoms with Crippen LogP contribution in [0, 0.1) is 5.41 Å². The summed E-state index contributed by atoms with van der Waals surface area (Å²) in [5.74, 6) is 1.27. The van der Waals surface area contributed by atoms with Gasteiger partial charge >= 0.3 is 0 Å². The number of nitrogen functional groups attached to an aromatic ring is 1. The number of hydrogen-bond acceptors (Lipinski definition) is 5. The van der Waals surface area contributed by atoms with Crippen LogP contribution < -0.4 is 15.8 Å². The first-order chi connectivity index (χ1) is 8.98. The van der Waals surface area contributed by atoms with Gasteiger partial charge in [0.1, 0.15) is 5.82 Å². The molecule has 108 valence electrons. The normalized spacial score (nSPS) is 11.4. The van der Waals surface area contributed by atoms with E-state index in [-0.39, 0.29) is 5.41 Å². The van der Waals surface area contributed by atoms with Crippen molar-refractivity contribution in [2.24, 2.45) is 5.41 Å². The summed E-state index contributed by atoms with van der Waals surface area (Å²) >= 11 is 0. The monoisotopic (exact) mass is 267 g/mol. The number of ether oxygens (including phenoxy) is 2. The van der Waals surface area contributed by atoms with E-state index >= 15 is 0 Å². The summed E-state index contributed by atoms with van der Waals surface area (Å²) in [6.07, 6.45) is 0.990. The zero-order valence-corrected chi connectivity index (χ0v) is 12.3. The Kier molecular flexibility index (Phi) is 5.89. The van der Waals surface area contributed by atoms with Gasteiger partial charge in [-0.2, -0.15) is 4.98 Å². The highest BCUT2D eigenvalue weighted by Crippen LogP contribution is 2.24. The molecule has 0 bridgehead atoms. The van der Waals surface area contributed by atoms with E-state index in [2.05, 4.69) is 24.1 Å². The Hall–Kier alpha value is -1.49. The van der Waals surface area contributed by atoms with E-state index < -0.39 is 0 Å². The molecule has 0 radical (unpaired) electrons. The Morgan fingerprint density at radius 3 is 2.74 bits per heavy atom. The van der Waals surface area contributed by atoms with E-state index in [1.165, 1.54) is 0 Å².